The van der Waals surface area contributed by atoms with Gasteiger partial charge >= 0.3 is 0 Å². The van der Waals surface area contributed by atoms with Crippen LogP contribution in [0.1, 0.15) is 28.8 Å². The number of rotatable bonds is 8. The van der Waals surface area contributed by atoms with Gasteiger partial charge in [-0.2, -0.15) is 5.10 Å². The predicted octanol–water partition coefficient (Wildman–Crippen LogP) is 5.83. The average Bonchev–Trinajstić information content (AvgIpc) is 3.69. The van der Waals surface area contributed by atoms with Crippen LogP contribution in [0, 0.1) is 5.82 Å². The third kappa shape index (κ3) is 4.89. The molecule has 5 rings (SSSR count). The van der Waals surface area contributed by atoms with Crippen LogP contribution in [0.3, 0.4) is 0 Å². The van der Waals surface area contributed by atoms with Crippen LogP contribution >= 0.6 is 0 Å². The van der Waals surface area contributed by atoms with Gasteiger partial charge in [-0.05, 0) is 55.3 Å². The van der Waals surface area contributed by atoms with Crippen molar-refractivity contribution in [3.63, 3.8) is 0 Å². The lowest BCUT2D eigenvalue weighted by molar-refractivity contribution is 0.0729. The van der Waals surface area contributed by atoms with Crippen molar-refractivity contribution in [2.45, 2.75) is 25.4 Å². The summed E-state index contributed by atoms with van der Waals surface area (Å²) in [6, 6.07) is 23.0. The van der Waals surface area contributed by atoms with E-state index in [1.54, 1.807) is 43.1 Å². The van der Waals surface area contributed by atoms with Crippen molar-refractivity contribution in [1.29, 1.82) is 0 Å². The molecule has 0 spiro atoms. The van der Waals surface area contributed by atoms with E-state index >= 15 is 0 Å². The van der Waals surface area contributed by atoms with Crippen molar-refractivity contribution < 1.29 is 18.7 Å². The Labute approximate surface area is 203 Å². The summed E-state index contributed by atoms with van der Waals surface area (Å²) in [5.74, 6) is 1.24. The smallest absolute Gasteiger partial charge is 0.254 e. The predicted molar refractivity (Wildman–Crippen MR) is 131 cm³/mol. The van der Waals surface area contributed by atoms with E-state index in [4.69, 9.17) is 14.6 Å². The summed E-state index contributed by atoms with van der Waals surface area (Å²) in [5, 5.41) is 4.75. The molecule has 1 saturated carbocycles. The van der Waals surface area contributed by atoms with Gasteiger partial charge < -0.3 is 14.4 Å². The zero-order valence-corrected chi connectivity index (χ0v) is 19.6. The fraction of sp³-hybridized carbons (Fsp3) is 0.214. The summed E-state index contributed by atoms with van der Waals surface area (Å²) in [7, 11) is 3.39. The Bertz CT molecular complexity index is 1330. The zero-order valence-electron chi connectivity index (χ0n) is 19.6. The minimum Gasteiger partial charge on any atom is -0.497 e. The molecule has 0 N–H and O–H groups in total. The van der Waals surface area contributed by atoms with Gasteiger partial charge in [0.05, 0.1) is 19.2 Å². The van der Waals surface area contributed by atoms with Gasteiger partial charge in [0.15, 0.2) is 0 Å². The minimum absolute atomic E-state index is 0.0676. The van der Waals surface area contributed by atoms with Crippen LogP contribution in [0.25, 0.3) is 11.3 Å². The first-order valence-electron chi connectivity index (χ1n) is 11.5. The lowest BCUT2D eigenvalue weighted by Crippen LogP contribution is -2.32. The molecule has 7 heteroatoms. The Morgan fingerprint density at radius 3 is 2.46 bits per heavy atom. The number of hydrogen-bond acceptors (Lipinski definition) is 4. The maximum atomic E-state index is 13.6. The standard InChI is InChI=1S/C28H26FN3O3/c1-31-28(35-23-15-11-21(29)12-16-23)25(26(30-31)19-7-4-3-5-8-19)18-32(22-13-14-22)27(33)20-9-6-10-24(17-20)34-2/h3-12,15-17,22H,13-14,18H2,1-2H3. The number of carbonyl (C=O) groups is 1. The molecule has 1 aromatic heterocycles. The number of aromatic nitrogens is 2. The van der Waals surface area contributed by atoms with Crippen LogP contribution in [0.5, 0.6) is 17.4 Å². The molecule has 6 nitrogen and oxygen atoms in total. The molecule has 1 fully saturated rings. The van der Waals surface area contributed by atoms with Gasteiger partial charge in [0.1, 0.15) is 23.0 Å². The van der Waals surface area contributed by atoms with Crippen LogP contribution < -0.4 is 9.47 Å². The normalized spacial score (nSPS) is 12.9. The zero-order chi connectivity index (χ0) is 24.4. The van der Waals surface area contributed by atoms with E-state index in [0.717, 1.165) is 29.7 Å². The van der Waals surface area contributed by atoms with Crippen LogP contribution in [0.15, 0.2) is 78.9 Å². The molecular weight excluding hydrogens is 445 g/mol. The number of nitrogens with zero attached hydrogens (tertiary/aromatic N) is 3. The Morgan fingerprint density at radius 1 is 1.03 bits per heavy atom. The fourth-order valence-corrected chi connectivity index (χ4v) is 4.11. The molecule has 178 valence electrons. The van der Waals surface area contributed by atoms with Gasteiger partial charge in [-0.25, -0.2) is 9.07 Å². The second-order valence-electron chi connectivity index (χ2n) is 8.57. The quantitative estimate of drug-likeness (QED) is 0.324. The van der Waals surface area contributed by atoms with Gasteiger partial charge in [0, 0.05) is 24.2 Å². The number of benzene rings is 3. The number of aryl methyl sites for hydroxylation is 1. The van der Waals surface area contributed by atoms with Crippen LogP contribution in [-0.4, -0.2) is 33.7 Å². The highest BCUT2D eigenvalue weighted by Gasteiger charge is 2.35. The molecule has 1 amide bonds. The molecule has 1 heterocycles. The highest BCUT2D eigenvalue weighted by Crippen LogP contribution is 2.37. The maximum absolute atomic E-state index is 13.6. The second kappa shape index (κ2) is 9.62. The Kier molecular flexibility index (Phi) is 6.23. The van der Waals surface area contributed by atoms with Crippen molar-refractivity contribution >= 4 is 5.91 Å². The van der Waals surface area contributed by atoms with Crippen LogP contribution in [0.2, 0.25) is 0 Å². The van der Waals surface area contributed by atoms with E-state index in [-0.39, 0.29) is 17.8 Å². The number of carbonyl (C=O) groups excluding carboxylic acids is 1. The number of methoxy groups -OCH3 is 1. The van der Waals surface area contributed by atoms with Crippen molar-refractivity contribution in [3.8, 4) is 28.6 Å². The third-order valence-electron chi connectivity index (χ3n) is 6.06. The van der Waals surface area contributed by atoms with Gasteiger partial charge in [0.25, 0.3) is 5.91 Å². The molecule has 1 aliphatic carbocycles. The van der Waals surface area contributed by atoms with Crippen molar-refractivity contribution in [2.24, 2.45) is 7.05 Å². The van der Waals surface area contributed by atoms with Crippen LogP contribution in [0.4, 0.5) is 4.39 Å². The summed E-state index contributed by atoms with van der Waals surface area (Å²) in [5.41, 5.74) is 3.04. The van der Waals surface area contributed by atoms with Crippen molar-refractivity contribution in [1.82, 2.24) is 14.7 Å². The highest BCUT2D eigenvalue weighted by molar-refractivity contribution is 5.95. The molecular formula is C28H26FN3O3. The average molecular weight is 472 g/mol. The maximum Gasteiger partial charge on any atom is 0.254 e. The summed E-state index contributed by atoms with van der Waals surface area (Å²) < 4.78 is 26.6. The molecule has 3 aromatic carbocycles. The van der Waals surface area contributed by atoms with Crippen molar-refractivity contribution in [3.05, 3.63) is 95.8 Å². The van der Waals surface area contributed by atoms with E-state index in [9.17, 15) is 9.18 Å². The first-order chi connectivity index (χ1) is 17.0. The molecule has 35 heavy (non-hydrogen) atoms. The Morgan fingerprint density at radius 2 is 1.77 bits per heavy atom. The molecule has 0 atom stereocenters. The third-order valence-corrected chi connectivity index (χ3v) is 6.06. The number of ether oxygens (including phenoxy) is 2. The number of hydrogen-bond donors (Lipinski definition) is 0. The van der Waals surface area contributed by atoms with E-state index in [2.05, 4.69) is 0 Å². The number of halogens is 1. The molecule has 0 unspecified atom stereocenters. The molecule has 0 saturated heterocycles. The van der Waals surface area contributed by atoms with Gasteiger partial charge in [-0.3, -0.25) is 4.79 Å². The van der Waals surface area contributed by atoms with Gasteiger partial charge in [0.2, 0.25) is 5.88 Å². The summed E-state index contributed by atoms with van der Waals surface area (Å²) >= 11 is 0. The minimum atomic E-state index is -0.337. The van der Waals surface area contributed by atoms with E-state index in [1.165, 1.54) is 12.1 Å². The van der Waals surface area contributed by atoms with Crippen molar-refractivity contribution in [2.75, 3.05) is 7.11 Å². The summed E-state index contributed by atoms with van der Waals surface area (Å²) in [6.45, 7) is 0.329. The lowest BCUT2D eigenvalue weighted by atomic mass is 10.1. The van der Waals surface area contributed by atoms with E-state index < -0.39 is 0 Å². The largest absolute Gasteiger partial charge is 0.497 e. The molecule has 0 aliphatic heterocycles. The molecule has 0 bridgehead atoms. The SMILES string of the molecule is COc1cccc(C(=O)N(Cc2c(-c3ccccc3)nn(C)c2Oc2ccc(F)cc2)C2CC2)c1. The van der Waals surface area contributed by atoms with E-state index in [0.29, 0.717) is 29.5 Å². The molecule has 4 aromatic rings. The first-order valence-corrected chi connectivity index (χ1v) is 11.5. The molecule has 0 radical (unpaired) electrons. The first kappa shape index (κ1) is 22.7. The summed E-state index contributed by atoms with van der Waals surface area (Å²) in [4.78, 5) is 15.5. The highest BCUT2D eigenvalue weighted by atomic mass is 19.1. The second-order valence-corrected chi connectivity index (χ2v) is 8.57. The van der Waals surface area contributed by atoms with Gasteiger partial charge in [-0.15, -0.1) is 0 Å². The topological polar surface area (TPSA) is 56.6 Å². The Hall–Kier alpha value is -4.13. The molecule has 1 aliphatic rings. The number of amides is 1. The van der Waals surface area contributed by atoms with E-state index in [1.807, 2.05) is 47.4 Å². The lowest BCUT2D eigenvalue weighted by Gasteiger charge is -2.23. The Balaban J connectivity index is 1.55. The van der Waals surface area contributed by atoms with Gasteiger partial charge in [-0.1, -0.05) is 36.4 Å². The summed E-state index contributed by atoms with van der Waals surface area (Å²) in [6.07, 6.45) is 1.90. The van der Waals surface area contributed by atoms with Crippen LogP contribution in [-0.2, 0) is 13.6 Å². The monoisotopic (exact) mass is 471 g/mol. The fourth-order valence-electron chi connectivity index (χ4n) is 4.11.